The minimum absolute atomic E-state index is 0.642. The number of hydrogen-bond donors (Lipinski definition) is 0. The van der Waals surface area contributed by atoms with Gasteiger partial charge in [0.15, 0.2) is 0 Å². The van der Waals surface area contributed by atoms with E-state index in [0.29, 0.717) is 5.92 Å². The molecular weight excluding hydrogens is 238 g/mol. The molecule has 0 N–H and O–H groups in total. The fourth-order valence-electron chi connectivity index (χ4n) is 3.44. The molecule has 1 aromatic rings. The lowest BCUT2D eigenvalue weighted by atomic mass is 9.89. The molecule has 2 aliphatic rings. The summed E-state index contributed by atoms with van der Waals surface area (Å²) in [7, 11) is 0. The Morgan fingerprint density at radius 3 is 2.74 bits per heavy atom. The molecule has 106 valence electrons. The highest BCUT2D eigenvalue weighted by atomic mass is 16.5. The molecule has 0 aromatic carbocycles. The quantitative estimate of drug-likeness (QED) is 0.838. The van der Waals surface area contributed by atoms with Crippen LogP contribution in [0, 0.1) is 11.8 Å². The molecule has 0 amide bonds. The molecule has 0 unspecified atom stereocenters. The second-order valence-corrected chi connectivity index (χ2v) is 6.15. The Morgan fingerprint density at radius 1 is 1.11 bits per heavy atom. The van der Waals surface area contributed by atoms with Gasteiger partial charge in [-0.2, -0.15) is 5.10 Å². The van der Waals surface area contributed by atoms with Crippen LogP contribution in [0.1, 0.15) is 50.8 Å². The summed E-state index contributed by atoms with van der Waals surface area (Å²) >= 11 is 0. The molecule has 1 saturated heterocycles. The molecule has 1 aliphatic heterocycles. The first-order chi connectivity index (χ1) is 9.42. The normalized spacial score (nSPS) is 25.6. The highest BCUT2D eigenvalue weighted by molar-refractivity contribution is 4.89. The first-order valence-corrected chi connectivity index (χ1v) is 7.86. The molecule has 1 atom stereocenters. The molecule has 19 heavy (non-hydrogen) atoms. The Kier molecular flexibility index (Phi) is 4.49. The SMILES string of the molecule is c1nc(C[C@@H]2CCCOC2)n(CC2CCCCC2)n1. The van der Waals surface area contributed by atoms with E-state index in [2.05, 4.69) is 14.8 Å². The summed E-state index contributed by atoms with van der Waals surface area (Å²) in [6.07, 6.45) is 12.2. The number of rotatable bonds is 4. The summed E-state index contributed by atoms with van der Waals surface area (Å²) in [5, 5.41) is 4.44. The summed E-state index contributed by atoms with van der Waals surface area (Å²) in [5.41, 5.74) is 0. The third-order valence-corrected chi connectivity index (χ3v) is 4.58. The van der Waals surface area contributed by atoms with Gasteiger partial charge in [0.2, 0.25) is 0 Å². The first-order valence-electron chi connectivity index (χ1n) is 7.86. The van der Waals surface area contributed by atoms with Crippen molar-refractivity contribution in [3.63, 3.8) is 0 Å². The second kappa shape index (κ2) is 6.51. The van der Waals surface area contributed by atoms with E-state index < -0.39 is 0 Å². The lowest BCUT2D eigenvalue weighted by Gasteiger charge is -2.24. The lowest BCUT2D eigenvalue weighted by molar-refractivity contribution is 0.0537. The van der Waals surface area contributed by atoms with Gasteiger partial charge >= 0.3 is 0 Å². The van der Waals surface area contributed by atoms with Gasteiger partial charge in [-0.1, -0.05) is 19.3 Å². The monoisotopic (exact) mass is 263 g/mol. The van der Waals surface area contributed by atoms with Crippen LogP contribution in [0.4, 0.5) is 0 Å². The van der Waals surface area contributed by atoms with Gasteiger partial charge in [-0.3, -0.25) is 0 Å². The maximum Gasteiger partial charge on any atom is 0.138 e. The summed E-state index contributed by atoms with van der Waals surface area (Å²) in [4.78, 5) is 4.47. The zero-order chi connectivity index (χ0) is 12.9. The molecule has 1 aromatic heterocycles. The maximum absolute atomic E-state index is 5.56. The van der Waals surface area contributed by atoms with Crippen molar-refractivity contribution in [1.29, 1.82) is 0 Å². The number of ether oxygens (including phenoxy) is 1. The first kappa shape index (κ1) is 13.1. The van der Waals surface area contributed by atoms with Crippen molar-refractivity contribution in [3.8, 4) is 0 Å². The minimum atomic E-state index is 0.642. The summed E-state index contributed by atoms with van der Waals surface area (Å²) < 4.78 is 7.72. The predicted octanol–water partition coefficient (Wildman–Crippen LogP) is 2.83. The zero-order valence-corrected chi connectivity index (χ0v) is 11.8. The molecule has 2 fully saturated rings. The maximum atomic E-state index is 5.56. The van der Waals surface area contributed by atoms with Gasteiger partial charge in [-0.25, -0.2) is 9.67 Å². The van der Waals surface area contributed by atoms with Crippen LogP contribution in [-0.2, 0) is 17.7 Å². The van der Waals surface area contributed by atoms with Crippen molar-refractivity contribution in [3.05, 3.63) is 12.2 Å². The standard InChI is InChI=1S/C15H25N3O/c1-2-5-13(6-3-1)10-18-15(16-12-17-18)9-14-7-4-8-19-11-14/h12-14H,1-11H2/t14-/m0/s1. The Bertz CT molecular complexity index is 344. The van der Waals surface area contributed by atoms with Gasteiger partial charge in [0.25, 0.3) is 0 Å². The number of hydrogen-bond acceptors (Lipinski definition) is 3. The molecule has 1 aliphatic carbocycles. The van der Waals surface area contributed by atoms with E-state index in [1.165, 1.54) is 50.8 Å². The average molecular weight is 263 g/mol. The molecule has 0 radical (unpaired) electrons. The van der Waals surface area contributed by atoms with Crippen molar-refractivity contribution in [2.24, 2.45) is 11.8 Å². The van der Waals surface area contributed by atoms with Crippen molar-refractivity contribution in [1.82, 2.24) is 14.8 Å². The fourth-order valence-corrected chi connectivity index (χ4v) is 3.44. The summed E-state index contributed by atoms with van der Waals surface area (Å²) in [5.74, 6) is 2.63. The zero-order valence-electron chi connectivity index (χ0n) is 11.8. The van der Waals surface area contributed by atoms with Gasteiger partial charge in [0.05, 0.1) is 0 Å². The lowest BCUT2D eigenvalue weighted by Crippen LogP contribution is -2.23. The van der Waals surface area contributed by atoms with Gasteiger partial charge in [-0.05, 0) is 37.5 Å². The van der Waals surface area contributed by atoms with Crippen LogP contribution < -0.4 is 0 Å². The van der Waals surface area contributed by atoms with Crippen LogP contribution in [0.5, 0.6) is 0 Å². The van der Waals surface area contributed by atoms with Crippen molar-refractivity contribution >= 4 is 0 Å². The van der Waals surface area contributed by atoms with Crippen LogP contribution in [-0.4, -0.2) is 28.0 Å². The summed E-state index contributed by atoms with van der Waals surface area (Å²) in [6.45, 7) is 2.91. The molecule has 4 heteroatoms. The molecule has 2 heterocycles. The average Bonchev–Trinajstić information content (AvgIpc) is 2.88. The van der Waals surface area contributed by atoms with Crippen LogP contribution in [0.25, 0.3) is 0 Å². The van der Waals surface area contributed by atoms with Crippen molar-refractivity contribution in [2.45, 2.75) is 57.9 Å². The van der Waals surface area contributed by atoms with E-state index in [9.17, 15) is 0 Å². The molecular formula is C15H25N3O. The van der Waals surface area contributed by atoms with E-state index in [1.807, 2.05) is 0 Å². The second-order valence-electron chi connectivity index (χ2n) is 6.15. The Hall–Kier alpha value is -0.900. The van der Waals surface area contributed by atoms with Gasteiger partial charge in [-0.15, -0.1) is 0 Å². The molecule has 0 bridgehead atoms. The Morgan fingerprint density at radius 2 is 1.95 bits per heavy atom. The minimum Gasteiger partial charge on any atom is -0.381 e. The third-order valence-electron chi connectivity index (χ3n) is 4.58. The predicted molar refractivity (Wildman–Crippen MR) is 73.8 cm³/mol. The van der Waals surface area contributed by atoms with Crippen molar-refractivity contribution in [2.75, 3.05) is 13.2 Å². The Balaban J connectivity index is 1.57. The van der Waals surface area contributed by atoms with Crippen LogP contribution in [0.3, 0.4) is 0 Å². The van der Waals surface area contributed by atoms with Crippen molar-refractivity contribution < 1.29 is 4.74 Å². The van der Waals surface area contributed by atoms with Gasteiger partial charge < -0.3 is 4.74 Å². The largest absolute Gasteiger partial charge is 0.381 e. The van der Waals surface area contributed by atoms with E-state index in [0.717, 1.165) is 32.1 Å². The van der Waals surface area contributed by atoms with Crippen LogP contribution >= 0.6 is 0 Å². The fraction of sp³-hybridized carbons (Fsp3) is 0.867. The molecule has 4 nitrogen and oxygen atoms in total. The van der Waals surface area contributed by atoms with E-state index in [1.54, 1.807) is 6.33 Å². The van der Waals surface area contributed by atoms with Crippen LogP contribution in [0.2, 0.25) is 0 Å². The summed E-state index contributed by atoms with van der Waals surface area (Å²) in [6, 6.07) is 0. The Labute approximate surface area is 115 Å². The molecule has 1 saturated carbocycles. The topological polar surface area (TPSA) is 39.9 Å². The van der Waals surface area contributed by atoms with Gasteiger partial charge in [0.1, 0.15) is 12.2 Å². The third kappa shape index (κ3) is 3.56. The van der Waals surface area contributed by atoms with E-state index >= 15 is 0 Å². The smallest absolute Gasteiger partial charge is 0.138 e. The van der Waals surface area contributed by atoms with E-state index in [4.69, 9.17) is 4.74 Å². The highest BCUT2D eigenvalue weighted by Gasteiger charge is 2.20. The molecule has 3 rings (SSSR count). The highest BCUT2D eigenvalue weighted by Crippen LogP contribution is 2.25. The number of aromatic nitrogens is 3. The van der Waals surface area contributed by atoms with Crippen LogP contribution in [0.15, 0.2) is 6.33 Å². The van der Waals surface area contributed by atoms with Gasteiger partial charge in [0, 0.05) is 26.2 Å². The van der Waals surface area contributed by atoms with E-state index in [-0.39, 0.29) is 0 Å². The number of nitrogens with zero attached hydrogens (tertiary/aromatic N) is 3. The molecule has 0 spiro atoms.